The smallest absolute Gasteiger partial charge is 0.175 e. The highest BCUT2D eigenvalue weighted by molar-refractivity contribution is 7.99. The summed E-state index contributed by atoms with van der Waals surface area (Å²) in [7, 11) is 0. The number of para-hydroxylation sites is 1. The van der Waals surface area contributed by atoms with Crippen LogP contribution in [-0.2, 0) is 11.2 Å². The number of fused-ring (bicyclic) bond motifs is 1. The molecular weight excluding hydrogens is 467 g/mol. The molecule has 0 saturated heterocycles. The van der Waals surface area contributed by atoms with Crippen molar-refractivity contribution in [2.45, 2.75) is 11.7 Å². The second-order valence-electron chi connectivity index (χ2n) is 7.16. The maximum Gasteiger partial charge on any atom is 0.175 e. The van der Waals surface area contributed by atoms with Crippen molar-refractivity contribution in [3.05, 3.63) is 99.7 Å². The minimum Gasteiger partial charge on any atom is -0.546 e. The predicted molar refractivity (Wildman–Crippen MR) is 128 cm³/mol. The number of aryl methyl sites for hydroxylation is 1. The molecule has 0 spiro atoms. The Morgan fingerprint density at radius 3 is 2.19 bits per heavy atom. The molecule has 164 valence electrons. The Bertz CT molecular complexity index is 1160. The number of furan rings is 1. The molecule has 0 fully saturated rings. The highest BCUT2D eigenvalue weighted by Gasteiger charge is 2.16. The fourth-order valence-corrected chi connectivity index (χ4v) is 5.00. The van der Waals surface area contributed by atoms with Crippen molar-refractivity contribution < 1.29 is 19.1 Å². The number of carboxylic acid groups (broad SMARTS) is 1. The molecule has 0 N–H and O–H groups in total. The molecule has 0 atom stereocenters. The number of carbonyl (C=O) groups is 1. The van der Waals surface area contributed by atoms with E-state index < -0.39 is 12.6 Å². The van der Waals surface area contributed by atoms with Gasteiger partial charge in [0, 0.05) is 15.4 Å². The van der Waals surface area contributed by atoms with Gasteiger partial charge in [0.1, 0.15) is 6.61 Å². The van der Waals surface area contributed by atoms with E-state index in [0.29, 0.717) is 21.4 Å². The molecule has 0 aliphatic carbocycles. The monoisotopic (exact) mass is 485 g/mol. The minimum atomic E-state index is -1.28. The molecule has 4 nitrogen and oxygen atoms in total. The molecule has 7 heteroatoms. The molecular formula is C25H19Cl2O4S-. The van der Waals surface area contributed by atoms with Crippen molar-refractivity contribution >= 4 is 51.9 Å². The molecule has 3 aromatic carbocycles. The van der Waals surface area contributed by atoms with E-state index in [4.69, 9.17) is 32.4 Å². The van der Waals surface area contributed by atoms with E-state index in [9.17, 15) is 9.90 Å². The summed E-state index contributed by atoms with van der Waals surface area (Å²) in [5, 5.41) is 13.2. The topological polar surface area (TPSA) is 62.5 Å². The first-order valence-corrected chi connectivity index (χ1v) is 11.8. The molecule has 1 aromatic heterocycles. The van der Waals surface area contributed by atoms with Crippen LogP contribution in [0.1, 0.15) is 21.9 Å². The second-order valence-corrected chi connectivity index (χ2v) is 9.24. The molecule has 0 bridgehead atoms. The third kappa shape index (κ3) is 5.41. The number of benzene rings is 3. The Hall–Kier alpha value is -2.60. The third-order valence-corrected chi connectivity index (χ3v) is 6.81. The molecule has 0 aliphatic heterocycles. The number of hydrogen-bond donors (Lipinski definition) is 0. The standard InChI is InChI=1S/C25H20Cl2O4S/c26-19-8-4-16(5-9-19)25(17-6-10-20(27)11-7-17)32-13-12-18-14-31-24-21(18)2-1-3-22(24)30-15-23(28)29/h1-11,14,25H,12-13,15H2,(H,28,29)/p-1. The van der Waals surface area contributed by atoms with Crippen LogP contribution in [0.4, 0.5) is 0 Å². The van der Waals surface area contributed by atoms with E-state index in [1.54, 1.807) is 12.3 Å². The average Bonchev–Trinajstić information content (AvgIpc) is 3.20. The lowest BCUT2D eigenvalue weighted by atomic mass is 10.0. The molecule has 0 amide bonds. The van der Waals surface area contributed by atoms with Gasteiger partial charge in [0.15, 0.2) is 11.3 Å². The average molecular weight is 486 g/mol. The highest BCUT2D eigenvalue weighted by atomic mass is 35.5. The van der Waals surface area contributed by atoms with E-state index >= 15 is 0 Å². The summed E-state index contributed by atoms with van der Waals surface area (Å²) in [6.45, 7) is -0.519. The first-order valence-electron chi connectivity index (χ1n) is 9.95. The van der Waals surface area contributed by atoms with Gasteiger partial charge >= 0.3 is 0 Å². The zero-order chi connectivity index (χ0) is 22.5. The van der Waals surface area contributed by atoms with Crippen LogP contribution < -0.4 is 9.84 Å². The lowest BCUT2D eigenvalue weighted by Gasteiger charge is -2.18. The van der Waals surface area contributed by atoms with E-state index in [2.05, 4.69) is 0 Å². The quantitative estimate of drug-likeness (QED) is 0.293. The van der Waals surface area contributed by atoms with Gasteiger partial charge in [0.2, 0.25) is 0 Å². The number of rotatable bonds is 9. The molecule has 4 aromatic rings. The van der Waals surface area contributed by atoms with Crippen LogP contribution in [0.2, 0.25) is 10.0 Å². The number of thioether (sulfide) groups is 1. The summed E-state index contributed by atoms with van der Waals surface area (Å²) in [5.41, 5.74) is 3.91. The molecule has 4 rings (SSSR count). The van der Waals surface area contributed by atoms with Crippen LogP contribution in [0.25, 0.3) is 11.0 Å². The summed E-state index contributed by atoms with van der Waals surface area (Å²) in [5.74, 6) is -0.0410. The second kappa shape index (κ2) is 10.3. The third-order valence-electron chi connectivity index (χ3n) is 4.99. The maximum atomic E-state index is 10.7. The number of ether oxygens (including phenoxy) is 1. The Morgan fingerprint density at radius 1 is 0.969 bits per heavy atom. The summed E-state index contributed by atoms with van der Waals surface area (Å²) in [4.78, 5) is 10.7. The van der Waals surface area contributed by atoms with Crippen molar-refractivity contribution in [3.63, 3.8) is 0 Å². The fourth-order valence-electron chi connectivity index (χ4n) is 3.47. The number of halogens is 2. The van der Waals surface area contributed by atoms with Crippen LogP contribution in [0.5, 0.6) is 5.75 Å². The molecule has 0 unspecified atom stereocenters. The van der Waals surface area contributed by atoms with Gasteiger partial charge in [-0.25, -0.2) is 0 Å². The van der Waals surface area contributed by atoms with E-state index in [-0.39, 0.29) is 5.25 Å². The Labute approximate surface area is 200 Å². The summed E-state index contributed by atoms with van der Waals surface area (Å²) < 4.78 is 11.0. The van der Waals surface area contributed by atoms with Gasteiger partial charge in [-0.05, 0) is 59.2 Å². The SMILES string of the molecule is O=C([O-])COc1cccc2c(CCSC(c3ccc(Cl)cc3)c3ccc(Cl)cc3)coc12. The minimum absolute atomic E-state index is 0.129. The van der Waals surface area contributed by atoms with Crippen molar-refractivity contribution in [1.82, 2.24) is 0 Å². The van der Waals surface area contributed by atoms with Gasteiger partial charge in [-0.3, -0.25) is 0 Å². The summed E-state index contributed by atoms with van der Waals surface area (Å²) >= 11 is 14.0. The lowest BCUT2D eigenvalue weighted by Crippen LogP contribution is -2.28. The van der Waals surface area contributed by atoms with Gasteiger partial charge in [-0.1, -0.05) is 59.6 Å². The van der Waals surface area contributed by atoms with Crippen molar-refractivity contribution in [3.8, 4) is 5.75 Å². The number of hydrogen-bond acceptors (Lipinski definition) is 5. The fraction of sp³-hybridized carbons (Fsp3) is 0.160. The van der Waals surface area contributed by atoms with E-state index in [1.807, 2.05) is 72.4 Å². The van der Waals surface area contributed by atoms with Crippen LogP contribution in [0.3, 0.4) is 0 Å². The molecule has 0 saturated carbocycles. The predicted octanol–water partition coefficient (Wildman–Crippen LogP) is 5.93. The van der Waals surface area contributed by atoms with Crippen LogP contribution in [0, 0.1) is 0 Å². The summed E-state index contributed by atoms with van der Waals surface area (Å²) in [6, 6.07) is 21.2. The van der Waals surface area contributed by atoms with Gasteiger partial charge in [0.05, 0.1) is 17.5 Å². The van der Waals surface area contributed by atoms with Crippen LogP contribution >= 0.6 is 35.0 Å². The van der Waals surface area contributed by atoms with E-state index in [0.717, 1.165) is 34.3 Å². The Kier molecular flexibility index (Phi) is 7.30. The first-order chi connectivity index (χ1) is 15.5. The zero-order valence-electron chi connectivity index (χ0n) is 16.9. The Balaban J connectivity index is 1.51. The normalized spacial score (nSPS) is 11.2. The van der Waals surface area contributed by atoms with Crippen molar-refractivity contribution in [1.29, 1.82) is 0 Å². The van der Waals surface area contributed by atoms with E-state index in [1.165, 1.54) is 0 Å². The van der Waals surface area contributed by atoms with Crippen molar-refractivity contribution in [2.24, 2.45) is 0 Å². The molecule has 0 aliphatic rings. The molecule has 1 heterocycles. The maximum absolute atomic E-state index is 10.7. The highest BCUT2D eigenvalue weighted by Crippen LogP contribution is 2.38. The number of carbonyl (C=O) groups excluding carboxylic acids is 1. The molecule has 32 heavy (non-hydrogen) atoms. The number of carboxylic acids is 1. The zero-order valence-corrected chi connectivity index (χ0v) is 19.3. The lowest BCUT2D eigenvalue weighted by molar-refractivity contribution is -0.307. The van der Waals surface area contributed by atoms with Crippen LogP contribution in [-0.4, -0.2) is 18.3 Å². The first kappa shape index (κ1) is 22.6. The molecule has 0 radical (unpaired) electrons. The van der Waals surface area contributed by atoms with Gasteiger partial charge in [-0.2, -0.15) is 0 Å². The van der Waals surface area contributed by atoms with Crippen LogP contribution in [0.15, 0.2) is 77.4 Å². The van der Waals surface area contributed by atoms with Gasteiger partial charge < -0.3 is 19.1 Å². The van der Waals surface area contributed by atoms with Gasteiger partial charge in [-0.15, -0.1) is 11.8 Å². The van der Waals surface area contributed by atoms with Gasteiger partial charge in [0.25, 0.3) is 0 Å². The van der Waals surface area contributed by atoms with Crippen molar-refractivity contribution in [2.75, 3.05) is 12.4 Å². The Morgan fingerprint density at radius 2 is 1.59 bits per heavy atom. The largest absolute Gasteiger partial charge is 0.546 e. The number of aliphatic carboxylic acids is 1. The summed E-state index contributed by atoms with van der Waals surface area (Å²) in [6.07, 6.45) is 2.48.